The van der Waals surface area contributed by atoms with Crippen molar-refractivity contribution in [1.82, 2.24) is 25.3 Å². The maximum Gasteiger partial charge on any atom is 0.274 e. The minimum atomic E-state index is -0.292. The molecule has 9 heteroatoms. The summed E-state index contributed by atoms with van der Waals surface area (Å²) in [7, 11) is 2.06. The van der Waals surface area contributed by atoms with E-state index in [-0.39, 0.29) is 5.91 Å². The molecule has 4 aromatic rings. The van der Waals surface area contributed by atoms with Crippen molar-refractivity contribution in [3.63, 3.8) is 0 Å². The van der Waals surface area contributed by atoms with Crippen LogP contribution in [0.3, 0.4) is 0 Å². The summed E-state index contributed by atoms with van der Waals surface area (Å²) in [6.45, 7) is 3.58. The van der Waals surface area contributed by atoms with E-state index < -0.39 is 0 Å². The highest BCUT2D eigenvalue weighted by Gasteiger charge is 2.17. The summed E-state index contributed by atoms with van der Waals surface area (Å²) in [6.07, 6.45) is 5.03. The Morgan fingerprint density at radius 1 is 1.10 bits per heavy atom. The van der Waals surface area contributed by atoms with Crippen LogP contribution in [0.15, 0.2) is 55.0 Å². The fourth-order valence-electron chi connectivity index (χ4n) is 3.84. The van der Waals surface area contributed by atoms with Crippen molar-refractivity contribution in [3.8, 4) is 11.5 Å². The molecule has 4 heterocycles. The van der Waals surface area contributed by atoms with Crippen LogP contribution in [0, 0.1) is 0 Å². The second-order valence-corrected chi connectivity index (χ2v) is 7.62. The van der Waals surface area contributed by atoms with Crippen molar-refractivity contribution in [2.75, 3.05) is 36.4 Å². The molecule has 0 radical (unpaired) electrons. The fourth-order valence-corrected chi connectivity index (χ4v) is 3.84. The molecule has 0 atom stereocenters. The van der Waals surface area contributed by atoms with Gasteiger partial charge in [0.15, 0.2) is 5.82 Å². The van der Waals surface area contributed by atoms with Crippen molar-refractivity contribution in [1.29, 1.82) is 0 Å². The van der Waals surface area contributed by atoms with Gasteiger partial charge >= 0.3 is 0 Å². The van der Waals surface area contributed by atoms with Crippen molar-refractivity contribution in [2.45, 2.75) is 0 Å². The van der Waals surface area contributed by atoms with Gasteiger partial charge in [-0.15, -0.1) is 0 Å². The third-order valence-corrected chi connectivity index (χ3v) is 5.41. The monoisotopic (exact) mass is 411 g/mol. The molecule has 3 N–H and O–H groups in total. The first-order valence-corrected chi connectivity index (χ1v) is 10.3. The van der Waals surface area contributed by atoms with Crippen LogP contribution in [0.2, 0.25) is 0 Å². The number of carbonyl (C=O) groups is 1. The Bertz CT molecular complexity index is 1250. The third kappa shape index (κ3) is 4.00. The summed E-state index contributed by atoms with van der Waals surface area (Å²) in [4.78, 5) is 31.6. The normalized spacial score (nSPS) is 14.0. The predicted octanol–water partition coefficient (Wildman–Crippen LogP) is 0.940. The van der Waals surface area contributed by atoms with Gasteiger partial charge in [0.25, 0.3) is 5.91 Å². The zero-order valence-corrected chi connectivity index (χ0v) is 17.2. The molecule has 154 valence electrons. The number of H-pyrrole nitrogens is 1. The number of rotatable bonds is 4. The molecule has 0 bridgehead atoms. The van der Waals surface area contributed by atoms with Gasteiger partial charge in [-0.05, 0) is 29.7 Å². The van der Waals surface area contributed by atoms with Gasteiger partial charge in [-0.2, -0.15) is 0 Å². The van der Waals surface area contributed by atoms with E-state index in [0.29, 0.717) is 17.2 Å². The molecule has 1 fully saturated rings. The van der Waals surface area contributed by atoms with E-state index in [1.807, 2.05) is 18.2 Å². The number of hydrogen-bond donors (Lipinski definition) is 3. The van der Waals surface area contributed by atoms with Crippen LogP contribution in [-0.2, 0) is 0 Å². The minimum Gasteiger partial charge on any atom is -0.367 e. The smallest absolute Gasteiger partial charge is 0.274 e. The molecule has 1 aliphatic heterocycles. The second kappa shape index (κ2) is 8.19. The lowest BCUT2D eigenvalue weighted by atomic mass is 9.95. The number of aromatic amines is 1. The van der Waals surface area contributed by atoms with E-state index in [0.717, 1.165) is 48.5 Å². The maximum absolute atomic E-state index is 13.0. The number of hydrogen-bond acceptors (Lipinski definition) is 6. The molecule has 3 aromatic heterocycles. The summed E-state index contributed by atoms with van der Waals surface area (Å²) in [5.74, 6) is 0.190. The van der Waals surface area contributed by atoms with E-state index in [1.165, 1.54) is 5.46 Å². The number of benzene rings is 1. The van der Waals surface area contributed by atoms with Gasteiger partial charge in [0, 0.05) is 44.1 Å². The largest absolute Gasteiger partial charge is 0.367 e. The molecule has 0 spiro atoms. The molecule has 1 aliphatic rings. The van der Waals surface area contributed by atoms with Crippen LogP contribution in [-0.4, -0.2) is 59.9 Å². The standard InChI is InChI=1S/C22H22BN7O/c23-15-1-2-16-14(11-15)12-18(27-16)21-26-6-3-17(28-21)22(31)29-19-13-25-5-4-20(19)30-9-7-24-8-10-30/h1-6,11-13,24,27H,7-10,23H2,(H,29,31). The Labute approximate surface area is 180 Å². The highest BCUT2D eigenvalue weighted by molar-refractivity contribution is 6.33. The summed E-state index contributed by atoms with van der Waals surface area (Å²) in [5, 5.41) is 7.40. The van der Waals surface area contributed by atoms with Crippen molar-refractivity contribution in [3.05, 3.63) is 60.7 Å². The first-order chi connectivity index (χ1) is 15.2. The highest BCUT2D eigenvalue weighted by atomic mass is 16.1. The summed E-state index contributed by atoms with van der Waals surface area (Å²) in [5.41, 5.74) is 4.91. The van der Waals surface area contributed by atoms with E-state index in [1.54, 1.807) is 24.7 Å². The average Bonchev–Trinajstić information content (AvgIpc) is 3.23. The number of aromatic nitrogens is 4. The van der Waals surface area contributed by atoms with Gasteiger partial charge in [-0.3, -0.25) is 9.78 Å². The van der Waals surface area contributed by atoms with Gasteiger partial charge in [0.05, 0.1) is 23.3 Å². The Balaban J connectivity index is 1.41. The van der Waals surface area contributed by atoms with Gasteiger partial charge in [-0.1, -0.05) is 17.6 Å². The Morgan fingerprint density at radius 2 is 1.97 bits per heavy atom. The minimum absolute atomic E-state index is 0.292. The highest BCUT2D eigenvalue weighted by Crippen LogP contribution is 2.26. The van der Waals surface area contributed by atoms with E-state index in [9.17, 15) is 4.79 Å². The first kappa shape index (κ1) is 19.3. The van der Waals surface area contributed by atoms with Crippen LogP contribution in [0.25, 0.3) is 22.4 Å². The number of amides is 1. The number of anilines is 2. The lowest BCUT2D eigenvalue weighted by Gasteiger charge is -2.30. The van der Waals surface area contributed by atoms with Crippen LogP contribution < -0.4 is 21.0 Å². The van der Waals surface area contributed by atoms with Crippen molar-refractivity contribution >= 4 is 41.5 Å². The maximum atomic E-state index is 13.0. The molecule has 0 aliphatic carbocycles. The van der Waals surface area contributed by atoms with Crippen LogP contribution in [0.1, 0.15) is 10.5 Å². The molecule has 5 rings (SSSR count). The van der Waals surface area contributed by atoms with E-state index in [4.69, 9.17) is 0 Å². The molecule has 1 saturated heterocycles. The van der Waals surface area contributed by atoms with E-state index in [2.05, 4.69) is 55.4 Å². The predicted molar refractivity (Wildman–Crippen MR) is 125 cm³/mol. The molecule has 31 heavy (non-hydrogen) atoms. The van der Waals surface area contributed by atoms with Crippen molar-refractivity contribution < 1.29 is 4.79 Å². The molecule has 0 unspecified atom stereocenters. The Morgan fingerprint density at radius 3 is 2.84 bits per heavy atom. The number of nitrogens with one attached hydrogen (secondary N) is 3. The first-order valence-electron chi connectivity index (χ1n) is 10.3. The van der Waals surface area contributed by atoms with Crippen molar-refractivity contribution in [2.24, 2.45) is 0 Å². The van der Waals surface area contributed by atoms with Gasteiger partial charge < -0.3 is 20.5 Å². The van der Waals surface area contributed by atoms with Crippen LogP contribution in [0.5, 0.6) is 0 Å². The molecule has 0 saturated carbocycles. The summed E-state index contributed by atoms with van der Waals surface area (Å²) in [6, 6.07) is 11.7. The molecule has 1 amide bonds. The SMILES string of the molecule is Bc1ccc2[nH]c(-c3nccc(C(=O)Nc4cnccc4N4CCNCC4)n3)cc2c1. The molecular formula is C22H22BN7O. The number of pyridine rings is 1. The third-order valence-electron chi connectivity index (χ3n) is 5.41. The summed E-state index contributed by atoms with van der Waals surface area (Å²) >= 11 is 0. The molecule has 8 nitrogen and oxygen atoms in total. The summed E-state index contributed by atoms with van der Waals surface area (Å²) < 4.78 is 0. The molecular weight excluding hydrogens is 389 g/mol. The zero-order valence-electron chi connectivity index (χ0n) is 17.2. The second-order valence-electron chi connectivity index (χ2n) is 7.62. The number of carbonyl (C=O) groups excluding carboxylic acids is 1. The quantitative estimate of drug-likeness (QED) is 0.433. The lowest BCUT2D eigenvalue weighted by Crippen LogP contribution is -2.43. The fraction of sp³-hybridized carbons (Fsp3) is 0.182. The lowest BCUT2D eigenvalue weighted by molar-refractivity contribution is 0.102. The number of nitrogens with zero attached hydrogens (tertiary/aromatic N) is 4. The number of fused-ring (bicyclic) bond motifs is 1. The molecule has 1 aromatic carbocycles. The van der Waals surface area contributed by atoms with E-state index >= 15 is 0 Å². The van der Waals surface area contributed by atoms with Crippen LogP contribution >= 0.6 is 0 Å². The van der Waals surface area contributed by atoms with Gasteiger partial charge in [0.2, 0.25) is 0 Å². The van der Waals surface area contributed by atoms with Gasteiger partial charge in [0.1, 0.15) is 13.5 Å². The Kier molecular flexibility index (Phi) is 5.09. The zero-order chi connectivity index (χ0) is 21.2. The van der Waals surface area contributed by atoms with Gasteiger partial charge in [-0.25, -0.2) is 9.97 Å². The number of piperazine rings is 1. The van der Waals surface area contributed by atoms with Crippen LogP contribution in [0.4, 0.5) is 11.4 Å². The average molecular weight is 411 g/mol. The topological polar surface area (TPSA) is 98.8 Å². The Hall–Kier alpha value is -3.72.